The van der Waals surface area contributed by atoms with Crippen LogP contribution in [-0.2, 0) is 47.4 Å². The van der Waals surface area contributed by atoms with Gasteiger partial charge >= 0.3 is 30.5 Å². The number of rotatable bonds is 23. The van der Waals surface area contributed by atoms with Gasteiger partial charge in [-0.25, -0.2) is 24.0 Å². The highest BCUT2D eigenvalue weighted by molar-refractivity contribution is 5.70. The number of alkyl carbamates (subject to hydrolysis) is 2. The molecule has 5 aliphatic rings. The molecule has 0 bridgehead atoms. The fourth-order valence-electron chi connectivity index (χ4n) is 12.3. The molecule has 3 unspecified atom stereocenters. The highest BCUT2D eigenvalue weighted by atomic mass is 16.6. The second-order valence-corrected chi connectivity index (χ2v) is 41.7. The third-order valence-electron chi connectivity index (χ3n) is 18.2. The summed E-state index contributed by atoms with van der Waals surface area (Å²) in [5.41, 5.74) is -1.58. The van der Waals surface area contributed by atoms with Crippen molar-refractivity contribution in [3.63, 3.8) is 0 Å². The first-order chi connectivity index (χ1) is 53.4. The van der Waals surface area contributed by atoms with E-state index >= 15 is 0 Å². The van der Waals surface area contributed by atoms with Crippen LogP contribution in [0.25, 0.3) is 0 Å². The smallest absolute Gasteiger partial charge is 0.410 e. The normalized spacial score (nSPS) is 17.9. The largest absolute Gasteiger partial charge is 0.444 e. The van der Waals surface area contributed by atoms with Crippen molar-refractivity contribution in [2.75, 3.05) is 192 Å². The van der Waals surface area contributed by atoms with Crippen LogP contribution in [0.15, 0.2) is 30.3 Å². The van der Waals surface area contributed by atoms with Gasteiger partial charge in [0.15, 0.2) is 0 Å². The van der Waals surface area contributed by atoms with Gasteiger partial charge in [0.05, 0.1) is 67.1 Å². The molecule has 5 amide bonds. The Kier molecular flexibility index (Phi) is 61.0. The fourth-order valence-corrected chi connectivity index (χ4v) is 12.3. The van der Waals surface area contributed by atoms with Crippen molar-refractivity contribution in [2.45, 2.75) is 358 Å². The standard InChI is InChI=1S/C18H36N2O3.2C16H32N2O3.C15H30N2O3.C15H25NO2.C10H20N2O2.5CH4/c1-17(2,3)22-14-13-20-11-8-15(9-12-20)7-10-19-16(21)23-18(4,5)6;1-15(2,3)20-11-10-18-9-8-13(12-18)17(7)14(19)21-16(4,5)6;1-15(2,3)20-13-12-17-8-7-9-18(11-10-17)14(19)21-16(4,5)6;1-14(2,3)19-10-9-17-8-7-12(11-17)16-13(18)20-15(4,5)6;1-15(2,3)18-11-10-16(4)12-14(17)13-8-6-5-7-9-13;1-10(2,3)14-9(13)12-7-5-11(4)6-8-12;;;;;/h15H,7-14H2,1-6H3,(H,19,21);13H,8-12H2,1-7H3;7-13H2,1-6H3;12H,7-11H2,1-6H3,(H,16,18);5-9,14,17H,10-12H2,1-4H3;5-8H2,1-4H3;5*1H4. The summed E-state index contributed by atoms with van der Waals surface area (Å²) in [6, 6.07) is 10.2. The van der Waals surface area contributed by atoms with E-state index in [0.29, 0.717) is 25.6 Å². The van der Waals surface area contributed by atoms with Gasteiger partial charge in [0.1, 0.15) is 28.0 Å². The van der Waals surface area contributed by atoms with Gasteiger partial charge in [-0.15, -0.1) is 0 Å². The number of benzene rings is 1. The van der Waals surface area contributed by atoms with Crippen LogP contribution in [0.5, 0.6) is 0 Å². The lowest BCUT2D eigenvalue weighted by Crippen LogP contribution is -2.48. The highest BCUT2D eigenvalue weighted by Crippen LogP contribution is 2.24. The number of piperidine rings is 1. The number of nitrogens with zero attached hydrogens (tertiary/aromatic N) is 9. The van der Waals surface area contributed by atoms with Gasteiger partial charge in [-0.1, -0.05) is 67.5 Å². The molecule has 5 fully saturated rings. The van der Waals surface area contributed by atoms with Crippen LogP contribution in [0.2, 0.25) is 0 Å². The van der Waals surface area contributed by atoms with E-state index < -0.39 is 28.5 Å². The van der Waals surface area contributed by atoms with Crippen molar-refractivity contribution in [1.82, 2.24) is 54.7 Å². The van der Waals surface area contributed by atoms with Crippen molar-refractivity contribution in [3.05, 3.63) is 35.9 Å². The van der Waals surface area contributed by atoms with Crippen LogP contribution < -0.4 is 10.6 Å². The third-order valence-corrected chi connectivity index (χ3v) is 18.2. The molecule has 27 nitrogen and oxygen atoms in total. The Balaban J connectivity index is -0.000000447. The van der Waals surface area contributed by atoms with Crippen LogP contribution in [0.4, 0.5) is 24.0 Å². The van der Waals surface area contributed by atoms with Gasteiger partial charge in [-0.3, -0.25) is 14.7 Å². The third kappa shape index (κ3) is 70.2. The summed E-state index contributed by atoms with van der Waals surface area (Å²) in [4.78, 5) is 78.1. The first kappa shape index (κ1) is 126. The Bertz CT molecular complexity index is 2840. The Morgan fingerprint density at radius 1 is 0.418 bits per heavy atom. The topological polar surface area (TPSA) is 251 Å². The van der Waals surface area contributed by atoms with Gasteiger partial charge in [-0.2, -0.15) is 0 Å². The molecule has 0 aromatic heterocycles. The quantitative estimate of drug-likeness (QED) is 0.0861. The summed E-state index contributed by atoms with van der Waals surface area (Å²) in [6.45, 7) is 81.7. The molecule has 1 aromatic rings. The molecule has 3 N–H and O–H groups in total. The SMILES string of the molecule is C.C.C.C.C.CC(C)(C)OCCN1CCC(CCNC(=O)OC(C)(C)C)CC1.CC(C)(C)OCCN1CCC(NC(=O)OC(C)(C)C)C1.CC(C)(C)OCCN1CCCN(C(=O)OC(C)(C)C)CC1.CN(C(=O)OC(C)(C)C)C1CCN(CCOC(C)(C)C)C1.CN(CCOC(C)(C)C)CC(O)c1ccccc1.CN1CCN(C(=O)OC(C)(C)C)CC1. The number of likely N-dealkylation sites (N-methyl/N-ethyl adjacent to an activating group) is 3. The molecule has 0 spiro atoms. The molecule has 0 aliphatic carbocycles. The van der Waals surface area contributed by atoms with E-state index in [-0.39, 0.29) is 113 Å². The van der Waals surface area contributed by atoms with E-state index in [4.69, 9.17) is 47.4 Å². The second-order valence-electron chi connectivity index (χ2n) is 41.7. The minimum atomic E-state index is -0.442. The van der Waals surface area contributed by atoms with Gasteiger partial charge < -0.3 is 92.5 Å². The molecule has 0 radical (unpaired) electrons. The van der Waals surface area contributed by atoms with E-state index in [9.17, 15) is 29.1 Å². The lowest BCUT2D eigenvalue weighted by molar-refractivity contribution is -0.0164. The monoisotopic (exact) mass is 1750 g/mol. The van der Waals surface area contributed by atoms with Crippen molar-refractivity contribution < 1.29 is 76.4 Å². The Morgan fingerprint density at radius 3 is 1.21 bits per heavy atom. The van der Waals surface area contributed by atoms with E-state index in [2.05, 4.69) is 130 Å². The van der Waals surface area contributed by atoms with Crippen molar-refractivity contribution >= 4 is 30.5 Å². The summed E-state index contributed by atoms with van der Waals surface area (Å²) < 4.78 is 55.3. The van der Waals surface area contributed by atoms with Gasteiger partial charge in [0, 0.05) is 137 Å². The number of nitrogens with one attached hydrogen (secondary N) is 2. The van der Waals surface area contributed by atoms with Crippen LogP contribution >= 0.6 is 0 Å². The molecule has 726 valence electrons. The van der Waals surface area contributed by atoms with Gasteiger partial charge in [0.2, 0.25) is 0 Å². The minimum absolute atomic E-state index is 0. The number of hydrogen-bond donors (Lipinski definition) is 3. The van der Waals surface area contributed by atoms with E-state index in [1.54, 1.807) is 9.80 Å². The van der Waals surface area contributed by atoms with Crippen LogP contribution in [-0.4, -0.2) is 339 Å². The number of piperazine rings is 1. The number of aliphatic hydroxyl groups excluding tert-OH is 1. The second kappa shape index (κ2) is 59.3. The van der Waals surface area contributed by atoms with Gasteiger partial charge in [-0.05, 0) is 291 Å². The number of carbonyl (C=O) groups excluding carboxylic acids is 5. The molecular weight excluding hydrogens is 1550 g/mol. The number of likely N-dealkylation sites (tertiary alicyclic amines) is 3. The number of ether oxygens (including phenoxy) is 10. The zero-order valence-corrected chi connectivity index (χ0v) is 80.4. The summed E-state index contributed by atoms with van der Waals surface area (Å²) in [5.74, 6) is 0.699. The van der Waals surface area contributed by atoms with E-state index in [1.807, 2.05) is 174 Å². The zero-order chi connectivity index (χ0) is 89.6. The van der Waals surface area contributed by atoms with Gasteiger partial charge in [0.25, 0.3) is 0 Å². The molecule has 5 aliphatic heterocycles. The van der Waals surface area contributed by atoms with Crippen molar-refractivity contribution in [1.29, 1.82) is 0 Å². The maximum absolute atomic E-state index is 12.1. The summed E-state index contributed by atoms with van der Waals surface area (Å²) >= 11 is 0. The van der Waals surface area contributed by atoms with Crippen molar-refractivity contribution in [2.24, 2.45) is 5.92 Å². The molecule has 1 aromatic carbocycles. The number of aliphatic hydroxyl groups is 1. The maximum atomic E-state index is 12.1. The summed E-state index contributed by atoms with van der Waals surface area (Å²) in [6.07, 6.45) is 4.67. The van der Waals surface area contributed by atoms with Crippen LogP contribution in [0.3, 0.4) is 0 Å². The minimum Gasteiger partial charge on any atom is -0.444 e. The molecule has 3 atom stereocenters. The summed E-state index contributed by atoms with van der Waals surface area (Å²) in [5, 5.41) is 15.8. The predicted molar refractivity (Wildman–Crippen MR) is 506 cm³/mol. The average Bonchev–Trinajstić information content (AvgIpc) is 1.81. The summed E-state index contributed by atoms with van der Waals surface area (Å²) in [7, 11) is 5.89. The molecule has 6 rings (SSSR count). The van der Waals surface area contributed by atoms with Crippen LogP contribution in [0.1, 0.15) is 295 Å². The Morgan fingerprint density at radius 2 is 0.787 bits per heavy atom. The average molecular weight is 1750 g/mol. The fraction of sp³-hybridized carbons (Fsp3) is 0.884. The maximum Gasteiger partial charge on any atom is 0.410 e. The lowest BCUT2D eigenvalue weighted by Gasteiger charge is -2.33. The number of amides is 5. The molecular formula is C95H195N11O16. The molecule has 5 heterocycles. The zero-order valence-electron chi connectivity index (χ0n) is 80.4. The van der Waals surface area contributed by atoms with Crippen LogP contribution in [0, 0.1) is 5.92 Å². The van der Waals surface area contributed by atoms with E-state index in [0.717, 1.165) is 182 Å². The predicted octanol–water partition coefficient (Wildman–Crippen LogP) is 18.1. The van der Waals surface area contributed by atoms with Crippen molar-refractivity contribution in [3.8, 4) is 0 Å². The lowest BCUT2D eigenvalue weighted by atomic mass is 9.93. The Hall–Kier alpha value is -4.91. The molecule has 0 saturated carbocycles. The number of hydrogen-bond acceptors (Lipinski definition) is 22. The molecule has 27 heteroatoms. The molecule has 122 heavy (non-hydrogen) atoms. The molecule has 5 saturated heterocycles. The Labute approximate surface area is 749 Å². The highest BCUT2D eigenvalue weighted by Gasteiger charge is 2.33. The van der Waals surface area contributed by atoms with E-state index in [1.165, 1.54) is 12.8 Å². The first-order valence-electron chi connectivity index (χ1n) is 43.5. The first-order valence-corrected chi connectivity index (χ1v) is 43.5. The number of carbonyl (C=O) groups is 5.